The molecule has 0 bridgehead atoms. The number of morpholine rings is 1. The first-order valence-corrected chi connectivity index (χ1v) is 17.8. The topological polar surface area (TPSA) is 117 Å². The lowest BCUT2D eigenvalue weighted by atomic mass is 9.57. The van der Waals surface area contributed by atoms with Crippen molar-refractivity contribution in [1.29, 1.82) is 0 Å². The van der Waals surface area contributed by atoms with Crippen molar-refractivity contribution >= 4 is 70.0 Å². The van der Waals surface area contributed by atoms with E-state index in [1.165, 1.54) is 30.2 Å². The molecular weight excluding hydrogens is 712 g/mol. The van der Waals surface area contributed by atoms with E-state index < -0.39 is 57.0 Å². The summed E-state index contributed by atoms with van der Waals surface area (Å²) in [6.45, 7) is 2.70. The maximum Gasteiger partial charge on any atom is 0.258 e. The van der Waals surface area contributed by atoms with Crippen LogP contribution in [-0.4, -0.2) is 71.9 Å². The van der Waals surface area contributed by atoms with Gasteiger partial charge in [0.25, 0.3) is 11.8 Å². The highest BCUT2D eigenvalue weighted by Crippen LogP contribution is 2.63. The van der Waals surface area contributed by atoms with Gasteiger partial charge in [0.1, 0.15) is 5.82 Å². The lowest BCUT2D eigenvalue weighted by Gasteiger charge is -2.49. The number of imide groups is 2. The number of rotatable bonds is 6. The molecule has 6 unspecified atom stereocenters. The first kappa shape index (κ1) is 34.4. The van der Waals surface area contributed by atoms with Crippen LogP contribution in [0.1, 0.15) is 18.4 Å². The molecule has 2 aliphatic carbocycles. The molecule has 52 heavy (non-hydrogen) atoms. The second-order valence-electron chi connectivity index (χ2n) is 13.7. The Hall–Kier alpha value is -4.71. The molecule has 4 fully saturated rings. The Morgan fingerprint density at radius 1 is 0.865 bits per heavy atom. The lowest BCUT2D eigenvalue weighted by molar-refractivity contribution is -0.125. The van der Waals surface area contributed by atoms with Gasteiger partial charge in [0, 0.05) is 24.7 Å². The Bertz CT molecular complexity index is 2050. The van der Waals surface area contributed by atoms with Crippen molar-refractivity contribution in [3.8, 4) is 11.5 Å². The average molecular weight is 747 g/mol. The van der Waals surface area contributed by atoms with Crippen LogP contribution >= 0.6 is 23.2 Å². The summed E-state index contributed by atoms with van der Waals surface area (Å²) >= 11 is 14.8. The number of hydrogen-bond acceptors (Lipinski definition) is 8. The van der Waals surface area contributed by atoms with Crippen LogP contribution < -0.4 is 19.4 Å². The molecule has 3 saturated heterocycles. The monoisotopic (exact) mass is 745 g/mol. The van der Waals surface area contributed by atoms with Gasteiger partial charge < -0.3 is 19.5 Å². The SMILES string of the molecule is COc1cc(C=CC2C3=CCC4C(=O)N(c5ccc(N6CCOCC6)cc5)C(=O)C4C3CC3(Cl)C(=O)N(c4ccc(F)cc4)C(=O)C23Cl)ccc1O. The van der Waals surface area contributed by atoms with E-state index >= 15 is 0 Å². The van der Waals surface area contributed by atoms with Gasteiger partial charge in [-0.25, -0.2) is 9.29 Å². The van der Waals surface area contributed by atoms with Gasteiger partial charge in [0.2, 0.25) is 11.8 Å². The van der Waals surface area contributed by atoms with Crippen molar-refractivity contribution in [3.05, 3.63) is 95.8 Å². The second-order valence-corrected chi connectivity index (χ2v) is 15.0. The first-order chi connectivity index (χ1) is 25.0. The van der Waals surface area contributed by atoms with Crippen LogP contribution in [-0.2, 0) is 23.9 Å². The molecule has 5 aliphatic rings. The van der Waals surface area contributed by atoms with Crippen LogP contribution in [0.15, 0.2) is 84.5 Å². The number of phenols is 1. The third-order valence-corrected chi connectivity index (χ3v) is 12.6. The van der Waals surface area contributed by atoms with Crippen LogP contribution in [0, 0.1) is 29.5 Å². The van der Waals surface area contributed by atoms with Crippen molar-refractivity contribution in [3.63, 3.8) is 0 Å². The molecule has 3 aliphatic heterocycles. The molecule has 1 N–H and O–H groups in total. The zero-order valence-electron chi connectivity index (χ0n) is 28.0. The molecule has 0 radical (unpaired) electrons. The van der Waals surface area contributed by atoms with E-state index in [-0.39, 0.29) is 35.9 Å². The summed E-state index contributed by atoms with van der Waals surface area (Å²) in [6.07, 6.45) is 5.25. The minimum absolute atomic E-state index is 0.0665. The highest BCUT2D eigenvalue weighted by atomic mass is 35.5. The van der Waals surface area contributed by atoms with Gasteiger partial charge >= 0.3 is 0 Å². The number of carbonyl (C=O) groups excluding carboxylic acids is 4. The molecule has 268 valence electrons. The number of ether oxygens (including phenoxy) is 2. The smallest absolute Gasteiger partial charge is 0.258 e. The number of benzene rings is 3. The molecule has 0 spiro atoms. The van der Waals surface area contributed by atoms with E-state index in [0.717, 1.165) is 35.8 Å². The normalized spacial score (nSPS) is 30.1. The number of allylic oxidation sites excluding steroid dienone is 3. The van der Waals surface area contributed by atoms with Gasteiger partial charge in [-0.05, 0) is 85.0 Å². The highest BCUT2D eigenvalue weighted by Gasteiger charge is 2.76. The zero-order chi connectivity index (χ0) is 36.5. The fraction of sp³-hybridized carbons (Fsp3) is 0.333. The quantitative estimate of drug-likeness (QED) is 0.195. The number of anilines is 3. The molecule has 10 nitrogen and oxygen atoms in total. The number of carbonyl (C=O) groups is 4. The maximum absolute atomic E-state index is 14.5. The summed E-state index contributed by atoms with van der Waals surface area (Å²) in [7, 11) is 1.42. The van der Waals surface area contributed by atoms with Crippen molar-refractivity contribution in [2.75, 3.05) is 48.1 Å². The van der Waals surface area contributed by atoms with Gasteiger partial charge in [-0.3, -0.25) is 24.1 Å². The number of halogens is 3. The molecule has 0 aromatic heterocycles. The minimum atomic E-state index is -2.05. The second kappa shape index (κ2) is 12.8. The van der Waals surface area contributed by atoms with Gasteiger partial charge in [-0.2, -0.15) is 0 Å². The van der Waals surface area contributed by atoms with Gasteiger partial charge in [0.05, 0.1) is 43.5 Å². The van der Waals surface area contributed by atoms with Gasteiger partial charge in [0.15, 0.2) is 21.2 Å². The Morgan fingerprint density at radius 3 is 2.21 bits per heavy atom. The third kappa shape index (κ3) is 5.08. The van der Waals surface area contributed by atoms with Crippen LogP contribution in [0.4, 0.5) is 21.5 Å². The molecule has 6 atom stereocenters. The number of aromatic hydroxyl groups is 1. The summed E-state index contributed by atoms with van der Waals surface area (Å²) in [5.74, 6) is -6.03. The molecular formula is C39H34Cl2FN3O7. The number of methoxy groups -OCH3 is 1. The van der Waals surface area contributed by atoms with E-state index in [2.05, 4.69) is 4.90 Å². The number of fused-ring (bicyclic) bond motifs is 4. The molecule has 4 amide bonds. The summed E-state index contributed by atoms with van der Waals surface area (Å²) in [6, 6.07) is 16.9. The van der Waals surface area contributed by atoms with Crippen molar-refractivity contribution in [1.82, 2.24) is 0 Å². The maximum atomic E-state index is 14.5. The van der Waals surface area contributed by atoms with E-state index in [4.69, 9.17) is 32.7 Å². The lowest BCUT2D eigenvalue weighted by Crippen LogP contribution is -2.60. The number of hydrogen-bond donors (Lipinski definition) is 1. The van der Waals surface area contributed by atoms with Crippen LogP contribution in [0.2, 0.25) is 0 Å². The summed E-state index contributed by atoms with van der Waals surface area (Å²) in [4.78, 5) is 57.5. The Kier molecular flexibility index (Phi) is 8.43. The Morgan fingerprint density at radius 2 is 1.52 bits per heavy atom. The summed E-state index contributed by atoms with van der Waals surface area (Å²) < 4.78 is 24.6. The number of nitrogens with zero attached hydrogens (tertiary/aromatic N) is 3. The number of amides is 4. The van der Waals surface area contributed by atoms with Gasteiger partial charge in [-0.1, -0.05) is 29.9 Å². The fourth-order valence-electron chi connectivity index (χ4n) is 8.54. The average Bonchev–Trinajstić information content (AvgIpc) is 3.50. The van der Waals surface area contributed by atoms with Crippen LogP contribution in [0.25, 0.3) is 6.08 Å². The highest BCUT2D eigenvalue weighted by molar-refractivity contribution is 6.58. The molecule has 1 saturated carbocycles. The summed E-state index contributed by atoms with van der Waals surface area (Å²) in [5, 5.41) is 10.2. The zero-order valence-corrected chi connectivity index (χ0v) is 29.5. The van der Waals surface area contributed by atoms with Crippen LogP contribution in [0.5, 0.6) is 11.5 Å². The first-order valence-electron chi connectivity index (χ1n) is 17.1. The predicted molar refractivity (Wildman–Crippen MR) is 193 cm³/mol. The Balaban J connectivity index is 1.19. The van der Waals surface area contributed by atoms with Crippen molar-refractivity contribution in [2.24, 2.45) is 23.7 Å². The Labute approximate surface area is 309 Å². The van der Waals surface area contributed by atoms with Crippen LogP contribution in [0.3, 0.4) is 0 Å². The standard InChI is InChI=1S/C39H34Cl2FN3O7/c1-51-32-20-22(3-15-31(32)46)2-14-30-27-12-13-28-33(35(48)44(34(28)47)25-10-8-24(9-11-25)43-16-18-52-19-17-43)29(27)21-38(40)36(49)45(37(50)39(30,38)41)26-6-4-23(42)5-7-26/h2-12,14-15,20,28-30,33,46H,13,16-19,21H2,1H3. The van der Waals surface area contributed by atoms with E-state index in [1.54, 1.807) is 36.4 Å². The molecule has 13 heteroatoms. The van der Waals surface area contributed by atoms with Crippen molar-refractivity contribution in [2.45, 2.75) is 22.6 Å². The largest absolute Gasteiger partial charge is 0.504 e. The molecule has 3 heterocycles. The number of phenolic OH excluding ortho intramolecular Hbond substituents is 1. The van der Waals surface area contributed by atoms with Crippen molar-refractivity contribution < 1.29 is 38.1 Å². The van der Waals surface area contributed by atoms with E-state index in [0.29, 0.717) is 30.0 Å². The van der Waals surface area contributed by atoms with E-state index in [9.17, 15) is 28.7 Å². The molecule has 3 aromatic carbocycles. The van der Waals surface area contributed by atoms with E-state index in [1.807, 2.05) is 18.2 Å². The fourth-order valence-corrected chi connectivity index (χ4v) is 9.43. The number of alkyl halides is 2. The molecule has 3 aromatic rings. The minimum Gasteiger partial charge on any atom is -0.504 e. The predicted octanol–water partition coefficient (Wildman–Crippen LogP) is 5.69. The third-order valence-electron chi connectivity index (χ3n) is 11.1. The summed E-state index contributed by atoms with van der Waals surface area (Å²) in [5.41, 5.74) is 2.72. The molecule has 8 rings (SSSR count). The van der Waals surface area contributed by atoms with Gasteiger partial charge in [-0.15, -0.1) is 23.2 Å².